The Bertz CT molecular complexity index is 598. The lowest BCUT2D eigenvalue weighted by Gasteiger charge is -2.19. The topological polar surface area (TPSA) is 59.6 Å². The van der Waals surface area contributed by atoms with Gasteiger partial charge in [0, 0.05) is 16.6 Å². The molecular weight excluding hydrogens is 276 g/mol. The van der Waals surface area contributed by atoms with Crippen LogP contribution in [0.15, 0.2) is 35.7 Å². The van der Waals surface area contributed by atoms with Crippen molar-refractivity contribution in [2.24, 2.45) is 0 Å². The zero-order chi connectivity index (χ0) is 13.8. The molecule has 2 N–H and O–H groups in total. The smallest absolute Gasteiger partial charge is 0.319 e. The standard InChI is InChI=1S/C14H14N2O3S/c17-14(15-9-11-2-1-7-20-11)16-10-3-4-12-13(8-10)19-6-5-18-12/h1-4,7-8H,5-6,9H2,(H2,15,16,17). The third-order valence-electron chi connectivity index (χ3n) is 2.80. The minimum atomic E-state index is -0.241. The fraction of sp³-hybridized carbons (Fsp3) is 0.214. The number of rotatable bonds is 3. The number of hydrogen-bond acceptors (Lipinski definition) is 4. The van der Waals surface area contributed by atoms with Gasteiger partial charge in [-0.3, -0.25) is 0 Å². The number of amides is 2. The molecule has 0 aliphatic carbocycles. The maximum absolute atomic E-state index is 11.8. The first-order valence-corrected chi connectivity index (χ1v) is 7.16. The van der Waals surface area contributed by atoms with Crippen LogP contribution in [0, 0.1) is 0 Å². The van der Waals surface area contributed by atoms with Crippen LogP contribution in [0.3, 0.4) is 0 Å². The van der Waals surface area contributed by atoms with Crippen LogP contribution < -0.4 is 20.1 Å². The minimum absolute atomic E-state index is 0.241. The van der Waals surface area contributed by atoms with Crippen molar-refractivity contribution in [1.29, 1.82) is 0 Å². The molecule has 2 amide bonds. The van der Waals surface area contributed by atoms with E-state index in [2.05, 4.69) is 10.6 Å². The van der Waals surface area contributed by atoms with Crippen LogP contribution in [-0.2, 0) is 6.54 Å². The Labute approximate surface area is 120 Å². The van der Waals surface area contributed by atoms with Gasteiger partial charge in [-0.2, -0.15) is 0 Å². The van der Waals surface area contributed by atoms with Gasteiger partial charge in [0.05, 0.1) is 6.54 Å². The zero-order valence-corrected chi connectivity index (χ0v) is 11.5. The minimum Gasteiger partial charge on any atom is -0.486 e. The third kappa shape index (κ3) is 3.03. The molecule has 0 atom stereocenters. The van der Waals surface area contributed by atoms with Crippen LogP contribution in [0.4, 0.5) is 10.5 Å². The Hall–Kier alpha value is -2.21. The lowest BCUT2D eigenvalue weighted by Crippen LogP contribution is -2.27. The summed E-state index contributed by atoms with van der Waals surface area (Å²) in [6.45, 7) is 1.61. The second kappa shape index (κ2) is 5.83. The third-order valence-corrected chi connectivity index (χ3v) is 3.68. The monoisotopic (exact) mass is 290 g/mol. The average molecular weight is 290 g/mol. The maximum atomic E-state index is 11.8. The van der Waals surface area contributed by atoms with E-state index in [9.17, 15) is 4.79 Å². The van der Waals surface area contributed by atoms with Crippen molar-refractivity contribution < 1.29 is 14.3 Å². The van der Waals surface area contributed by atoms with Gasteiger partial charge in [-0.1, -0.05) is 6.07 Å². The van der Waals surface area contributed by atoms with E-state index in [1.807, 2.05) is 17.5 Å². The van der Waals surface area contributed by atoms with Gasteiger partial charge in [0.15, 0.2) is 11.5 Å². The Morgan fingerprint density at radius 3 is 2.85 bits per heavy atom. The van der Waals surface area contributed by atoms with Crippen molar-refractivity contribution in [1.82, 2.24) is 5.32 Å². The molecule has 20 heavy (non-hydrogen) atoms. The van der Waals surface area contributed by atoms with E-state index in [-0.39, 0.29) is 6.03 Å². The summed E-state index contributed by atoms with van der Waals surface area (Å²) < 4.78 is 10.9. The number of benzene rings is 1. The lowest BCUT2D eigenvalue weighted by atomic mass is 10.2. The summed E-state index contributed by atoms with van der Waals surface area (Å²) in [7, 11) is 0. The molecule has 1 aromatic heterocycles. The first kappa shape index (κ1) is 12.8. The van der Waals surface area contributed by atoms with Gasteiger partial charge in [0.25, 0.3) is 0 Å². The Kier molecular flexibility index (Phi) is 3.73. The Balaban J connectivity index is 1.58. The average Bonchev–Trinajstić information content (AvgIpc) is 2.98. The van der Waals surface area contributed by atoms with Crippen molar-refractivity contribution in [3.8, 4) is 11.5 Å². The molecule has 0 unspecified atom stereocenters. The molecule has 1 aliphatic heterocycles. The molecule has 0 radical (unpaired) electrons. The normalized spacial score (nSPS) is 12.8. The number of hydrogen-bond donors (Lipinski definition) is 2. The highest BCUT2D eigenvalue weighted by atomic mass is 32.1. The van der Waals surface area contributed by atoms with E-state index in [4.69, 9.17) is 9.47 Å². The van der Waals surface area contributed by atoms with Crippen molar-refractivity contribution in [2.75, 3.05) is 18.5 Å². The van der Waals surface area contributed by atoms with E-state index in [0.717, 1.165) is 4.88 Å². The molecule has 6 heteroatoms. The van der Waals surface area contributed by atoms with Crippen molar-refractivity contribution in [2.45, 2.75) is 6.54 Å². The van der Waals surface area contributed by atoms with Gasteiger partial charge >= 0.3 is 6.03 Å². The Morgan fingerprint density at radius 1 is 1.20 bits per heavy atom. The first-order valence-electron chi connectivity index (χ1n) is 6.28. The molecule has 0 spiro atoms. The van der Waals surface area contributed by atoms with Crippen LogP contribution in [0.25, 0.3) is 0 Å². The molecule has 104 valence electrons. The van der Waals surface area contributed by atoms with Gasteiger partial charge in [-0.15, -0.1) is 11.3 Å². The number of urea groups is 1. The van der Waals surface area contributed by atoms with Gasteiger partial charge < -0.3 is 20.1 Å². The summed E-state index contributed by atoms with van der Waals surface area (Å²) in [6.07, 6.45) is 0. The molecular formula is C14H14N2O3S. The van der Waals surface area contributed by atoms with E-state index in [1.165, 1.54) is 0 Å². The summed E-state index contributed by atoms with van der Waals surface area (Å²) in [4.78, 5) is 12.9. The number of thiophene rings is 1. The lowest BCUT2D eigenvalue weighted by molar-refractivity contribution is 0.171. The number of carbonyl (C=O) groups is 1. The largest absolute Gasteiger partial charge is 0.486 e. The van der Waals surface area contributed by atoms with Gasteiger partial charge in [0.2, 0.25) is 0 Å². The molecule has 2 heterocycles. The predicted octanol–water partition coefficient (Wildman–Crippen LogP) is 2.84. The molecule has 5 nitrogen and oxygen atoms in total. The summed E-state index contributed by atoms with van der Waals surface area (Å²) in [5, 5.41) is 7.56. The SMILES string of the molecule is O=C(NCc1cccs1)Nc1ccc2c(c1)OCCO2. The van der Waals surface area contributed by atoms with E-state index in [1.54, 1.807) is 29.5 Å². The van der Waals surface area contributed by atoms with Crippen molar-refractivity contribution >= 4 is 23.1 Å². The highest BCUT2D eigenvalue weighted by Crippen LogP contribution is 2.32. The molecule has 0 bridgehead atoms. The van der Waals surface area contributed by atoms with Crippen molar-refractivity contribution in [3.63, 3.8) is 0 Å². The second-order valence-corrected chi connectivity index (χ2v) is 5.28. The number of nitrogens with one attached hydrogen (secondary N) is 2. The van der Waals surface area contributed by atoms with E-state index < -0.39 is 0 Å². The van der Waals surface area contributed by atoms with E-state index in [0.29, 0.717) is 36.9 Å². The Morgan fingerprint density at radius 2 is 2.05 bits per heavy atom. The highest BCUT2D eigenvalue weighted by molar-refractivity contribution is 7.09. The van der Waals surface area contributed by atoms with Gasteiger partial charge in [0.1, 0.15) is 13.2 Å². The van der Waals surface area contributed by atoms with Crippen LogP contribution in [0.1, 0.15) is 4.88 Å². The number of fused-ring (bicyclic) bond motifs is 1. The van der Waals surface area contributed by atoms with Gasteiger partial charge in [-0.25, -0.2) is 4.79 Å². The number of carbonyl (C=O) groups excluding carboxylic acids is 1. The van der Waals surface area contributed by atoms with Crippen LogP contribution in [0.2, 0.25) is 0 Å². The summed E-state index contributed by atoms with van der Waals surface area (Å²) in [5.41, 5.74) is 0.679. The molecule has 0 saturated heterocycles. The molecule has 0 fully saturated rings. The number of anilines is 1. The molecule has 1 aromatic carbocycles. The highest BCUT2D eigenvalue weighted by Gasteiger charge is 2.12. The summed E-state index contributed by atoms with van der Waals surface area (Å²) in [6, 6.07) is 9.05. The summed E-state index contributed by atoms with van der Waals surface area (Å²) in [5.74, 6) is 1.37. The number of ether oxygens (including phenoxy) is 2. The van der Waals surface area contributed by atoms with E-state index >= 15 is 0 Å². The fourth-order valence-corrected chi connectivity index (χ4v) is 2.52. The maximum Gasteiger partial charge on any atom is 0.319 e. The quantitative estimate of drug-likeness (QED) is 0.914. The predicted molar refractivity (Wildman–Crippen MR) is 77.6 cm³/mol. The summed E-state index contributed by atoms with van der Waals surface area (Å²) >= 11 is 1.61. The first-order chi connectivity index (χ1) is 9.81. The fourth-order valence-electron chi connectivity index (χ4n) is 1.88. The molecule has 3 rings (SSSR count). The van der Waals surface area contributed by atoms with Crippen LogP contribution in [0.5, 0.6) is 11.5 Å². The molecule has 1 aliphatic rings. The van der Waals surface area contributed by atoms with Crippen LogP contribution >= 0.6 is 11.3 Å². The zero-order valence-electron chi connectivity index (χ0n) is 10.7. The second-order valence-electron chi connectivity index (χ2n) is 4.25. The molecule has 2 aromatic rings. The van der Waals surface area contributed by atoms with Crippen LogP contribution in [-0.4, -0.2) is 19.2 Å². The van der Waals surface area contributed by atoms with Crippen molar-refractivity contribution in [3.05, 3.63) is 40.6 Å². The molecule has 0 saturated carbocycles. The van der Waals surface area contributed by atoms with Gasteiger partial charge in [-0.05, 0) is 23.6 Å².